The monoisotopic (exact) mass is 323 g/mol. The molecule has 1 aliphatic rings. The van der Waals surface area contributed by atoms with Crippen LogP contribution in [0.15, 0.2) is 48.5 Å². The van der Waals surface area contributed by atoms with Crippen molar-refractivity contribution in [2.24, 2.45) is 0 Å². The predicted octanol–water partition coefficient (Wildman–Crippen LogP) is 2.70. The van der Waals surface area contributed by atoms with Crippen LogP contribution in [0.1, 0.15) is 43.1 Å². The number of ether oxygens (including phenoxy) is 1. The van der Waals surface area contributed by atoms with Crippen LogP contribution < -0.4 is 0 Å². The number of rotatable bonds is 5. The molecule has 0 spiro atoms. The summed E-state index contributed by atoms with van der Waals surface area (Å²) in [6.07, 6.45) is 1.16. The zero-order valence-corrected chi connectivity index (χ0v) is 13.3. The van der Waals surface area contributed by atoms with Gasteiger partial charge < -0.3 is 4.74 Å². The van der Waals surface area contributed by atoms with Gasteiger partial charge in [-0.3, -0.25) is 14.5 Å². The van der Waals surface area contributed by atoms with Crippen molar-refractivity contribution in [3.05, 3.63) is 70.8 Å². The van der Waals surface area contributed by atoms with Gasteiger partial charge in [-0.1, -0.05) is 30.3 Å². The Morgan fingerprint density at radius 3 is 2.17 bits per heavy atom. The third-order valence-electron chi connectivity index (χ3n) is 4.13. The van der Waals surface area contributed by atoms with Crippen LogP contribution in [0.25, 0.3) is 0 Å². The lowest BCUT2D eigenvalue weighted by Gasteiger charge is -2.14. The third-order valence-corrected chi connectivity index (χ3v) is 4.13. The van der Waals surface area contributed by atoms with Gasteiger partial charge in [-0.25, -0.2) is 4.79 Å². The minimum absolute atomic E-state index is 0.253. The molecule has 0 fully saturated rings. The smallest absolute Gasteiger partial charge is 0.338 e. The molecule has 24 heavy (non-hydrogen) atoms. The molecule has 0 aliphatic carbocycles. The highest BCUT2D eigenvalue weighted by Crippen LogP contribution is 2.23. The molecule has 3 rings (SSSR count). The average molecular weight is 323 g/mol. The number of imide groups is 1. The number of carbonyl (C=O) groups excluding carboxylic acids is 3. The van der Waals surface area contributed by atoms with Crippen LogP contribution in [0.4, 0.5) is 0 Å². The van der Waals surface area contributed by atoms with E-state index < -0.39 is 0 Å². The fourth-order valence-corrected chi connectivity index (χ4v) is 2.92. The van der Waals surface area contributed by atoms with E-state index in [0.29, 0.717) is 36.1 Å². The quantitative estimate of drug-likeness (QED) is 0.627. The molecule has 5 heteroatoms. The molecule has 2 aromatic rings. The lowest BCUT2D eigenvalue weighted by Crippen LogP contribution is -2.31. The van der Waals surface area contributed by atoms with Crippen LogP contribution in [-0.4, -0.2) is 36.3 Å². The van der Waals surface area contributed by atoms with Gasteiger partial charge in [0.15, 0.2) is 0 Å². The first kappa shape index (κ1) is 15.9. The van der Waals surface area contributed by atoms with Gasteiger partial charge in [0.05, 0.1) is 23.8 Å². The number of benzene rings is 2. The van der Waals surface area contributed by atoms with E-state index in [4.69, 9.17) is 4.74 Å². The van der Waals surface area contributed by atoms with E-state index >= 15 is 0 Å². The third kappa shape index (κ3) is 2.80. The molecule has 2 amide bonds. The number of carbonyl (C=O) groups is 3. The Bertz CT molecular complexity index is 778. The van der Waals surface area contributed by atoms with Gasteiger partial charge in [0, 0.05) is 6.54 Å². The highest BCUT2D eigenvalue weighted by atomic mass is 16.5. The molecule has 0 atom stereocenters. The Labute approximate surface area is 139 Å². The number of amides is 2. The Morgan fingerprint density at radius 2 is 1.54 bits per heavy atom. The van der Waals surface area contributed by atoms with E-state index in [1.54, 1.807) is 36.4 Å². The van der Waals surface area contributed by atoms with E-state index in [0.717, 1.165) is 5.56 Å². The maximum atomic E-state index is 12.3. The van der Waals surface area contributed by atoms with Crippen LogP contribution >= 0.6 is 0 Å². The largest absolute Gasteiger partial charge is 0.465 e. The molecule has 0 saturated heterocycles. The average Bonchev–Trinajstić information content (AvgIpc) is 2.86. The number of nitrogens with zero attached hydrogens (tertiary/aromatic N) is 1. The molecule has 5 nitrogen and oxygen atoms in total. The molecule has 2 aromatic carbocycles. The van der Waals surface area contributed by atoms with Gasteiger partial charge in [0.1, 0.15) is 0 Å². The summed E-state index contributed by atoms with van der Waals surface area (Å²) in [4.78, 5) is 37.6. The Balaban J connectivity index is 1.68. The molecular weight excluding hydrogens is 306 g/mol. The van der Waals surface area contributed by atoms with E-state index in [-0.39, 0.29) is 17.8 Å². The summed E-state index contributed by atoms with van der Waals surface area (Å²) in [5.41, 5.74) is 2.28. The van der Waals surface area contributed by atoms with Crippen LogP contribution in [0.5, 0.6) is 0 Å². The minimum Gasteiger partial charge on any atom is -0.465 e. The lowest BCUT2D eigenvalue weighted by molar-refractivity contribution is 0.0595. The fraction of sp³-hybridized carbons (Fsp3) is 0.211. The van der Waals surface area contributed by atoms with Gasteiger partial charge in [-0.05, 0) is 36.6 Å². The summed E-state index contributed by atoms with van der Waals surface area (Å²) in [6, 6.07) is 14.0. The van der Waals surface area contributed by atoms with E-state index in [9.17, 15) is 14.4 Å². The minimum atomic E-state index is -0.383. The van der Waals surface area contributed by atoms with Crippen molar-refractivity contribution >= 4 is 17.8 Å². The van der Waals surface area contributed by atoms with Gasteiger partial charge in [-0.2, -0.15) is 0 Å². The van der Waals surface area contributed by atoms with E-state index in [2.05, 4.69) is 0 Å². The summed E-state index contributed by atoms with van der Waals surface area (Å²) in [5, 5.41) is 0. The molecule has 0 N–H and O–H groups in total. The van der Waals surface area contributed by atoms with Gasteiger partial charge in [0.25, 0.3) is 11.8 Å². The number of methoxy groups -OCH3 is 1. The Morgan fingerprint density at radius 1 is 0.958 bits per heavy atom. The van der Waals surface area contributed by atoms with Crippen LogP contribution in [0.2, 0.25) is 0 Å². The second-order valence-corrected chi connectivity index (χ2v) is 5.56. The summed E-state index contributed by atoms with van der Waals surface area (Å²) in [7, 11) is 1.35. The number of esters is 1. The lowest BCUT2D eigenvalue weighted by atomic mass is 10.0. The van der Waals surface area contributed by atoms with Crippen molar-refractivity contribution in [2.75, 3.05) is 13.7 Å². The maximum absolute atomic E-state index is 12.3. The SMILES string of the molecule is COC(=O)c1ccccc1CCCN1C(=O)c2ccccc2C1=O. The van der Waals surface area contributed by atoms with E-state index in [1.165, 1.54) is 12.0 Å². The molecule has 0 saturated carbocycles. The first-order chi connectivity index (χ1) is 11.6. The first-order valence-electron chi connectivity index (χ1n) is 7.75. The number of fused-ring (bicyclic) bond motifs is 1. The van der Waals surface area contributed by atoms with Crippen molar-refractivity contribution in [1.82, 2.24) is 4.90 Å². The second-order valence-electron chi connectivity index (χ2n) is 5.56. The summed E-state index contributed by atoms with van der Waals surface area (Å²) in [5.74, 6) is -0.889. The van der Waals surface area contributed by atoms with Crippen LogP contribution in [0.3, 0.4) is 0 Å². The van der Waals surface area contributed by atoms with E-state index in [1.807, 2.05) is 12.1 Å². The van der Waals surface area contributed by atoms with Crippen molar-refractivity contribution in [3.63, 3.8) is 0 Å². The highest BCUT2D eigenvalue weighted by molar-refractivity contribution is 6.21. The number of hydrogen-bond donors (Lipinski definition) is 0. The molecule has 0 bridgehead atoms. The molecule has 122 valence electrons. The zero-order valence-electron chi connectivity index (χ0n) is 13.3. The highest BCUT2D eigenvalue weighted by Gasteiger charge is 2.34. The first-order valence-corrected chi connectivity index (χ1v) is 7.75. The maximum Gasteiger partial charge on any atom is 0.338 e. The summed E-state index contributed by atoms with van der Waals surface area (Å²) < 4.78 is 4.78. The fourth-order valence-electron chi connectivity index (χ4n) is 2.92. The standard InChI is InChI=1S/C19H17NO4/c1-24-19(23)14-9-3-2-7-13(14)8-6-12-20-17(21)15-10-4-5-11-16(15)18(20)22/h2-5,7,9-11H,6,8,12H2,1H3. The second kappa shape index (κ2) is 6.66. The van der Waals surface area contributed by atoms with Crippen molar-refractivity contribution in [2.45, 2.75) is 12.8 Å². The van der Waals surface area contributed by atoms with Crippen LogP contribution in [-0.2, 0) is 11.2 Å². The Hall–Kier alpha value is -2.95. The topological polar surface area (TPSA) is 63.7 Å². The number of aryl methyl sites for hydroxylation is 1. The van der Waals surface area contributed by atoms with Gasteiger partial charge in [-0.15, -0.1) is 0 Å². The molecule has 1 aliphatic heterocycles. The Kier molecular flexibility index (Phi) is 4.42. The summed E-state index contributed by atoms with van der Waals surface area (Å²) >= 11 is 0. The molecular formula is C19H17NO4. The molecule has 0 radical (unpaired) electrons. The molecule has 1 heterocycles. The molecule has 0 aromatic heterocycles. The zero-order chi connectivity index (χ0) is 17.1. The van der Waals surface area contributed by atoms with Crippen molar-refractivity contribution in [3.8, 4) is 0 Å². The van der Waals surface area contributed by atoms with Gasteiger partial charge in [0.2, 0.25) is 0 Å². The summed E-state index contributed by atoms with van der Waals surface area (Å²) in [6.45, 7) is 0.321. The predicted molar refractivity (Wildman–Crippen MR) is 87.9 cm³/mol. The van der Waals surface area contributed by atoms with Gasteiger partial charge >= 0.3 is 5.97 Å². The van der Waals surface area contributed by atoms with Crippen molar-refractivity contribution in [1.29, 1.82) is 0 Å². The normalized spacial score (nSPS) is 13.1. The number of hydrogen-bond acceptors (Lipinski definition) is 4. The van der Waals surface area contributed by atoms with Crippen molar-refractivity contribution < 1.29 is 19.1 Å². The molecule has 0 unspecified atom stereocenters. The van der Waals surface area contributed by atoms with Crippen LogP contribution in [0, 0.1) is 0 Å².